The lowest BCUT2D eigenvalue weighted by atomic mass is 10.2. The van der Waals surface area contributed by atoms with Crippen molar-refractivity contribution in [1.29, 1.82) is 0 Å². The van der Waals surface area contributed by atoms with E-state index >= 15 is 0 Å². The Morgan fingerprint density at radius 2 is 2.23 bits per heavy atom. The van der Waals surface area contributed by atoms with E-state index in [2.05, 4.69) is 39.3 Å². The van der Waals surface area contributed by atoms with Crippen molar-refractivity contribution in [3.05, 3.63) is 60.7 Å². The van der Waals surface area contributed by atoms with Gasteiger partial charge >= 0.3 is 0 Å². The van der Waals surface area contributed by atoms with Crippen LogP contribution in [0.15, 0.2) is 55.1 Å². The van der Waals surface area contributed by atoms with Crippen LogP contribution in [0.3, 0.4) is 0 Å². The molecule has 0 saturated carbocycles. The minimum Gasteiger partial charge on any atom is -0.489 e. The Hall–Kier alpha value is -2.33. The van der Waals surface area contributed by atoms with Crippen LogP contribution >= 0.6 is 0 Å². The summed E-state index contributed by atoms with van der Waals surface area (Å²) in [6.45, 7) is 3.07. The molecule has 0 unspecified atom stereocenters. The molecular weight excluding hydrogens is 274 g/mol. The van der Waals surface area contributed by atoms with E-state index in [1.807, 2.05) is 30.7 Å². The smallest absolute Gasteiger partial charge is 0.120 e. The zero-order valence-electron chi connectivity index (χ0n) is 12.4. The fourth-order valence-electron chi connectivity index (χ4n) is 3.08. The molecule has 0 amide bonds. The Bertz CT molecular complexity index is 754. The number of H-pyrrole nitrogens is 1. The lowest BCUT2D eigenvalue weighted by molar-refractivity contribution is 0.198. The van der Waals surface area contributed by atoms with Gasteiger partial charge in [0.1, 0.15) is 11.9 Å². The predicted molar refractivity (Wildman–Crippen MR) is 86.8 cm³/mol. The Morgan fingerprint density at radius 1 is 1.23 bits per heavy atom. The minimum atomic E-state index is 0.276. The second kappa shape index (κ2) is 5.81. The van der Waals surface area contributed by atoms with Gasteiger partial charge < -0.3 is 9.72 Å². The summed E-state index contributed by atoms with van der Waals surface area (Å²) < 4.78 is 6.16. The highest BCUT2D eigenvalue weighted by molar-refractivity contribution is 5.82. The van der Waals surface area contributed by atoms with Crippen molar-refractivity contribution in [2.75, 3.05) is 13.1 Å². The quantitative estimate of drug-likeness (QED) is 0.803. The second-order valence-electron chi connectivity index (χ2n) is 5.87. The maximum Gasteiger partial charge on any atom is 0.120 e. The average Bonchev–Trinajstić information content (AvgIpc) is 3.20. The molecule has 3 heterocycles. The first-order valence-electron chi connectivity index (χ1n) is 7.71. The predicted octanol–water partition coefficient (Wildman–Crippen LogP) is 3.22. The molecule has 4 rings (SSSR count). The topological polar surface area (TPSA) is 41.1 Å². The molecule has 0 aliphatic carbocycles. The van der Waals surface area contributed by atoms with Crippen LogP contribution in [0.2, 0.25) is 0 Å². The number of hydrogen-bond donors (Lipinski definition) is 1. The summed E-state index contributed by atoms with van der Waals surface area (Å²) >= 11 is 0. The summed E-state index contributed by atoms with van der Waals surface area (Å²) in [5.74, 6) is 0.951. The van der Waals surface area contributed by atoms with Gasteiger partial charge in [0.25, 0.3) is 0 Å². The molecule has 0 radical (unpaired) electrons. The molecule has 1 atom stereocenters. The number of ether oxygens (including phenoxy) is 1. The Labute approximate surface area is 129 Å². The van der Waals surface area contributed by atoms with Crippen molar-refractivity contribution in [1.82, 2.24) is 14.9 Å². The fourth-order valence-corrected chi connectivity index (χ4v) is 3.08. The summed E-state index contributed by atoms with van der Waals surface area (Å²) in [7, 11) is 0. The van der Waals surface area contributed by atoms with E-state index in [9.17, 15) is 0 Å². The number of aromatic nitrogens is 2. The molecule has 1 N–H and O–H groups in total. The largest absolute Gasteiger partial charge is 0.489 e. The van der Waals surface area contributed by atoms with Crippen LogP contribution < -0.4 is 4.74 Å². The van der Waals surface area contributed by atoms with Gasteiger partial charge in [-0.15, -0.1) is 0 Å². The van der Waals surface area contributed by atoms with E-state index in [-0.39, 0.29) is 6.10 Å². The summed E-state index contributed by atoms with van der Waals surface area (Å²) in [4.78, 5) is 9.69. The molecule has 2 aromatic heterocycles. The molecule has 0 spiro atoms. The van der Waals surface area contributed by atoms with Crippen LogP contribution in [-0.4, -0.2) is 34.1 Å². The van der Waals surface area contributed by atoms with Crippen LogP contribution in [-0.2, 0) is 6.54 Å². The minimum absolute atomic E-state index is 0.276. The maximum atomic E-state index is 6.16. The van der Waals surface area contributed by atoms with Gasteiger partial charge in [0.15, 0.2) is 0 Å². The number of fused-ring (bicyclic) bond motifs is 1. The van der Waals surface area contributed by atoms with E-state index in [0.717, 1.165) is 37.2 Å². The number of benzene rings is 1. The van der Waals surface area contributed by atoms with Gasteiger partial charge in [0.2, 0.25) is 0 Å². The molecule has 3 aromatic rings. The van der Waals surface area contributed by atoms with E-state index in [1.54, 1.807) is 0 Å². The number of rotatable bonds is 4. The summed E-state index contributed by atoms with van der Waals surface area (Å²) in [6, 6.07) is 10.4. The van der Waals surface area contributed by atoms with Crippen LogP contribution in [0.4, 0.5) is 0 Å². The fraction of sp³-hybridized carbons (Fsp3) is 0.278. The number of nitrogens with one attached hydrogen (secondary N) is 1. The molecule has 1 aliphatic rings. The van der Waals surface area contributed by atoms with E-state index in [4.69, 9.17) is 4.74 Å². The second-order valence-corrected chi connectivity index (χ2v) is 5.87. The number of likely N-dealkylation sites (tertiary alicyclic amines) is 1. The van der Waals surface area contributed by atoms with Crippen molar-refractivity contribution < 1.29 is 4.74 Å². The van der Waals surface area contributed by atoms with Crippen molar-refractivity contribution in [3.63, 3.8) is 0 Å². The van der Waals surface area contributed by atoms with Crippen molar-refractivity contribution in [3.8, 4) is 5.75 Å². The van der Waals surface area contributed by atoms with Crippen LogP contribution in [0.25, 0.3) is 10.8 Å². The zero-order valence-corrected chi connectivity index (χ0v) is 12.4. The average molecular weight is 293 g/mol. The Balaban J connectivity index is 1.40. The van der Waals surface area contributed by atoms with Crippen LogP contribution in [0, 0.1) is 0 Å². The van der Waals surface area contributed by atoms with Crippen LogP contribution in [0.1, 0.15) is 12.0 Å². The standard InChI is InChI=1S/C18H19N3O/c1-2-17(9-15-4-7-20-11-16(1)15)22-18-5-8-21(13-18)12-14-3-6-19-10-14/h1-4,6-7,9-11,18-19H,5,8,12-13H2/t18-/m0/s1. The van der Waals surface area contributed by atoms with Crippen molar-refractivity contribution in [2.24, 2.45) is 0 Å². The maximum absolute atomic E-state index is 6.16. The van der Waals surface area contributed by atoms with Crippen LogP contribution in [0.5, 0.6) is 5.75 Å². The molecule has 1 fully saturated rings. The van der Waals surface area contributed by atoms with Gasteiger partial charge in [0.05, 0.1) is 0 Å². The third kappa shape index (κ3) is 2.83. The molecule has 4 heteroatoms. The highest BCUT2D eigenvalue weighted by Gasteiger charge is 2.24. The van der Waals surface area contributed by atoms with E-state index < -0.39 is 0 Å². The molecule has 1 aromatic carbocycles. The highest BCUT2D eigenvalue weighted by atomic mass is 16.5. The number of nitrogens with zero attached hydrogens (tertiary/aromatic N) is 2. The first-order valence-corrected chi connectivity index (χ1v) is 7.71. The zero-order chi connectivity index (χ0) is 14.8. The molecule has 0 bridgehead atoms. The molecule has 1 aliphatic heterocycles. The molecule has 1 saturated heterocycles. The van der Waals surface area contributed by atoms with Gasteiger partial charge in [-0.1, -0.05) is 0 Å². The van der Waals surface area contributed by atoms with Gasteiger partial charge in [-0.25, -0.2) is 0 Å². The van der Waals surface area contributed by atoms with Crippen molar-refractivity contribution in [2.45, 2.75) is 19.1 Å². The number of hydrogen-bond acceptors (Lipinski definition) is 3. The van der Waals surface area contributed by atoms with E-state index in [1.165, 1.54) is 10.9 Å². The summed E-state index contributed by atoms with van der Waals surface area (Å²) in [5.41, 5.74) is 1.33. The van der Waals surface area contributed by atoms with E-state index in [0.29, 0.717) is 0 Å². The summed E-state index contributed by atoms with van der Waals surface area (Å²) in [6.07, 6.45) is 9.10. The molecule has 22 heavy (non-hydrogen) atoms. The van der Waals surface area contributed by atoms with Gasteiger partial charge in [-0.05, 0) is 47.7 Å². The molecule has 4 nitrogen and oxygen atoms in total. The number of pyridine rings is 1. The Morgan fingerprint density at radius 3 is 3.14 bits per heavy atom. The third-order valence-corrected chi connectivity index (χ3v) is 4.21. The number of aromatic amines is 1. The molecule has 112 valence electrons. The lowest BCUT2D eigenvalue weighted by Crippen LogP contribution is -2.24. The lowest BCUT2D eigenvalue weighted by Gasteiger charge is -2.16. The monoisotopic (exact) mass is 293 g/mol. The van der Waals surface area contributed by atoms with Gasteiger partial charge in [-0.3, -0.25) is 9.88 Å². The third-order valence-electron chi connectivity index (χ3n) is 4.21. The first kappa shape index (κ1) is 13.3. The first-order chi connectivity index (χ1) is 10.9. The highest BCUT2D eigenvalue weighted by Crippen LogP contribution is 2.23. The Kier molecular flexibility index (Phi) is 3.52. The molecular formula is C18H19N3O. The van der Waals surface area contributed by atoms with Gasteiger partial charge in [0, 0.05) is 49.8 Å². The normalized spacial score (nSPS) is 18.8. The SMILES string of the molecule is c1cc2cc(O[C@H]3CCN(Cc4cc[nH]c4)C3)ccc2cn1. The van der Waals surface area contributed by atoms with Crippen molar-refractivity contribution >= 4 is 10.8 Å². The summed E-state index contributed by atoms with van der Waals surface area (Å²) in [5, 5.41) is 2.32. The van der Waals surface area contributed by atoms with Gasteiger partial charge in [-0.2, -0.15) is 0 Å².